The number of amides is 1. The molecule has 0 radical (unpaired) electrons. The second kappa shape index (κ2) is 3.73. The first-order chi connectivity index (χ1) is 6.86. The molecule has 0 saturated carbocycles. The first kappa shape index (κ1) is 8.49. The third-order valence-electron chi connectivity index (χ3n) is 1.74. The second-order valence-electron chi connectivity index (χ2n) is 2.74. The normalized spacial score (nSPS) is 10.0. The highest BCUT2D eigenvalue weighted by molar-refractivity contribution is 5.76. The van der Waals surface area contributed by atoms with Gasteiger partial charge in [-0.15, -0.1) is 0 Å². The van der Waals surface area contributed by atoms with Crippen LogP contribution in [0.1, 0.15) is 5.56 Å². The molecule has 72 valence electrons. The average Bonchev–Trinajstić information content (AvgIpc) is 2.87. The Labute approximate surface area is 80.0 Å². The summed E-state index contributed by atoms with van der Waals surface area (Å²) in [6.45, 7) is 0.452. The first-order valence-electron chi connectivity index (χ1n) is 4.10. The van der Waals surface area contributed by atoms with E-state index >= 15 is 0 Å². The third kappa shape index (κ3) is 1.79. The molecular weight excluding hydrogens is 182 g/mol. The molecule has 0 atom stereocenters. The minimum atomic E-state index is -0.205. The van der Waals surface area contributed by atoms with E-state index in [-0.39, 0.29) is 6.03 Å². The van der Waals surface area contributed by atoms with Crippen LogP contribution in [-0.4, -0.2) is 25.8 Å². The number of hydrogen-bond donors (Lipinski definition) is 2. The van der Waals surface area contributed by atoms with E-state index in [4.69, 9.17) is 0 Å². The molecule has 6 nitrogen and oxygen atoms in total. The number of H-pyrrole nitrogens is 1. The van der Waals surface area contributed by atoms with Crippen LogP contribution in [0, 0.1) is 0 Å². The van der Waals surface area contributed by atoms with Crippen molar-refractivity contribution < 1.29 is 4.79 Å². The fraction of sp³-hybridized carbons (Fsp3) is 0.125. The maximum atomic E-state index is 11.4. The Kier molecular flexibility index (Phi) is 2.26. The Morgan fingerprint density at radius 3 is 3.21 bits per heavy atom. The van der Waals surface area contributed by atoms with E-state index < -0.39 is 0 Å². The first-order valence-corrected chi connectivity index (χ1v) is 4.10. The van der Waals surface area contributed by atoms with Gasteiger partial charge < -0.3 is 5.32 Å². The summed E-state index contributed by atoms with van der Waals surface area (Å²) in [5.41, 5.74) is 0.929. The van der Waals surface area contributed by atoms with E-state index in [2.05, 4.69) is 20.5 Å². The van der Waals surface area contributed by atoms with Gasteiger partial charge in [-0.25, -0.2) is 9.78 Å². The number of carbonyl (C=O) groups excluding carboxylic acids is 1. The van der Waals surface area contributed by atoms with Crippen molar-refractivity contribution in [3.8, 4) is 0 Å². The van der Waals surface area contributed by atoms with Crippen molar-refractivity contribution in [3.63, 3.8) is 0 Å². The molecule has 0 aromatic carbocycles. The number of aromatic amines is 1. The Balaban J connectivity index is 1.90. The van der Waals surface area contributed by atoms with E-state index in [0.29, 0.717) is 6.54 Å². The van der Waals surface area contributed by atoms with E-state index in [1.807, 2.05) is 0 Å². The maximum Gasteiger partial charge on any atom is 0.327 e. The molecule has 2 N–H and O–H groups in total. The Morgan fingerprint density at radius 2 is 2.57 bits per heavy atom. The minimum Gasteiger partial charge on any atom is -0.333 e. The number of aromatic nitrogens is 4. The molecule has 0 aliphatic heterocycles. The lowest BCUT2D eigenvalue weighted by Crippen LogP contribution is -2.26. The van der Waals surface area contributed by atoms with E-state index in [1.54, 1.807) is 24.8 Å². The molecule has 0 aliphatic rings. The van der Waals surface area contributed by atoms with Crippen LogP contribution >= 0.6 is 0 Å². The number of hydrogen-bond acceptors (Lipinski definition) is 3. The molecule has 0 saturated heterocycles. The number of carbonyl (C=O) groups is 1. The van der Waals surface area contributed by atoms with Crippen LogP contribution in [0.4, 0.5) is 4.79 Å². The summed E-state index contributed by atoms with van der Waals surface area (Å²) in [4.78, 5) is 15.2. The summed E-state index contributed by atoms with van der Waals surface area (Å²) in [6, 6.07) is -0.205. The fourth-order valence-electron chi connectivity index (χ4n) is 1.02. The quantitative estimate of drug-likeness (QED) is 0.719. The van der Waals surface area contributed by atoms with Crippen molar-refractivity contribution in [2.75, 3.05) is 0 Å². The zero-order chi connectivity index (χ0) is 9.80. The minimum absolute atomic E-state index is 0.205. The summed E-state index contributed by atoms with van der Waals surface area (Å²) in [5, 5.41) is 9.15. The summed E-state index contributed by atoms with van der Waals surface area (Å²) in [7, 11) is 0. The number of rotatable bonds is 2. The summed E-state index contributed by atoms with van der Waals surface area (Å²) in [5.74, 6) is 0. The predicted molar refractivity (Wildman–Crippen MR) is 48.4 cm³/mol. The van der Waals surface area contributed by atoms with Crippen molar-refractivity contribution in [1.29, 1.82) is 0 Å². The average molecular weight is 191 g/mol. The standard InChI is InChI=1S/C8H9N5O/c14-8(13-2-1-9-6-13)10-3-7-4-11-12-5-7/h1-2,4-6H,3H2,(H,10,14)(H,11,12). The smallest absolute Gasteiger partial charge is 0.327 e. The molecule has 0 unspecified atom stereocenters. The van der Waals surface area contributed by atoms with Crippen molar-refractivity contribution in [3.05, 3.63) is 36.7 Å². The third-order valence-corrected chi connectivity index (χ3v) is 1.74. The predicted octanol–water partition coefficient (Wildman–Crippen LogP) is 0.364. The molecule has 14 heavy (non-hydrogen) atoms. The summed E-state index contributed by atoms with van der Waals surface area (Å²) >= 11 is 0. The van der Waals surface area contributed by atoms with Crippen molar-refractivity contribution in [2.24, 2.45) is 0 Å². The molecule has 6 heteroatoms. The van der Waals surface area contributed by atoms with Gasteiger partial charge in [-0.3, -0.25) is 9.67 Å². The zero-order valence-corrected chi connectivity index (χ0v) is 7.34. The highest BCUT2D eigenvalue weighted by Gasteiger charge is 2.02. The van der Waals surface area contributed by atoms with E-state index in [0.717, 1.165) is 5.56 Å². The molecule has 1 amide bonds. The monoisotopic (exact) mass is 191 g/mol. The Bertz CT molecular complexity index is 391. The number of nitrogens with zero attached hydrogens (tertiary/aromatic N) is 3. The van der Waals surface area contributed by atoms with Crippen molar-refractivity contribution in [2.45, 2.75) is 6.54 Å². The van der Waals surface area contributed by atoms with Crippen molar-refractivity contribution in [1.82, 2.24) is 25.1 Å². The van der Waals surface area contributed by atoms with Crippen molar-refractivity contribution >= 4 is 6.03 Å². The van der Waals surface area contributed by atoms with Gasteiger partial charge >= 0.3 is 6.03 Å². The summed E-state index contributed by atoms with van der Waals surface area (Å²) in [6.07, 6.45) is 7.98. The van der Waals surface area contributed by atoms with Gasteiger partial charge in [0.15, 0.2) is 0 Å². The second-order valence-corrected chi connectivity index (χ2v) is 2.74. The molecule has 2 heterocycles. The zero-order valence-electron chi connectivity index (χ0n) is 7.34. The molecule has 0 aliphatic carbocycles. The Hall–Kier alpha value is -2.11. The van der Waals surface area contributed by atoms with E-state index in [9.17, 15) is 4.79 Å². The van der Waals surface area contributed by atoms with Gasteiger partial charge in [-0.2, -0.15) is 5.10 Å². The fourth-order valence-corrected chi connectivity index (χ4v) is 1.02. The van der Waals surface area contributed by atoms with Crippen LogP contribution < -0.4 is 5.32 Å². The summed E-state index contributed by atoms with van der Waals surface area (Å²) < 4.78 is 1.38. The molecule has 2 aromatic heterocycles. The molecule has 2 aromatic rings. The van der Waals surface area contributed by atoms with Crippen LogP contribution in [0.15, 0.2) is 31.1 Å². The highest BCUT2D eigenvalue weighted by Crippen LogP contribution is 1.93. The molecule has 2 rings (SSSR count). The van der Waals surface area contributed by atoms with Gasteiger partial charge in [-0.1, -0.05) is 0 Å². The maximum absolute atomic E-state index is 11.4. The van der Waals surface area contributed by atoms with Crippen LogP contribution in [0.3, 0.4) is 0 Å². The van der Waals surface area contributed by atoms with Gasteiger partial charge in [0.2, 0.25) is 0 Å². The van der Waals surface area contributed by atoms with Crippen LogP contribution in [-0.2, 0) is 6.54 Å². The lowest BCUT2D eigenvalue weighted by atomic mass is 10.4. The van der Waals surface area contributed by atoms with Gasteiger partial charge in [0.25, 0.3) is 0 Å². The molecule has 0 bridgehead atoms. The van der Waals surface area contributed by atoms with Crippen LogP contribution in [0.25, 0.3) is 0 Å². The number of nitrogens with one attached hydrogen (secondary N) is 2. The lowest BCUT2D eigenvalue weighted by molar-refractivity contribution is 0.242. The molecule has 0 spiro atoms. The van der Waals surface area contributed by atoms with Crippen LogP contribution in [0.5, 0.6) is 0 Å². The molecule has 0 fully saturated rings. The SMILES string of the molecule is O=C(NCc1cn[nH]c1)n1ccnc1. The number of imidazole rings is 1. The van der Waals surface area contributed by atoms with Gasteiger partial charge in [-0.05, 0) is 0 Å². The molecular formula is C8H9N5O. The van der Waals surface area contributed by atoms with E-state index in [1.165, 1.54) is 10.9 Å². The largest absolute Gasteiger partial charge is 0.333 e. The van der Waals surface area contributed by atoms with Gasteiger partial charge in [0, 0.05) is 30.7 Å². The Morgan fingerprint density at radius 1 is 1.64 bits per heavy atom. The lowest BCUT2D eigenvalue weighted by Gasteiger charge is -2.02. The highest BCUT2D eigenvalue weighted by atomic mass is 16.2. The van der Waals surface area contributed by atoms with Crippen LogP contribution in [0.2, 0.25) is 0 Å². The van der Waals surface area contributed by atoms with Gasteiger partial charge in [0.05, 0.1) is 6.20 Å². The topological polar surface area (TPSA) is 75.6 Å². The van der Waals surface area contributed by atoms with Gasteiger partial charge in [0.1, 0.15) is 6.33 Å².